The van der Waals surface area contributed by atoms with Crippen LogP contribution in [0.15, 0.2) is 30.3 Å². The first kappa shape index (κ1) is 14.3. The summed E-state index contributed by atoms with van der Waals surface area (Å²) in [6, 6.07) is 7.61. The van der Waals surface area contributed by atoms with Crippen LogP contribution in [0.4, 0.5) is 0 Å². The smallest absolute Gasteiger partial charge is 0.330 e. The van der Waals surface area contributed by atoms with Crippen molar-refractivity contribution in [2.75, 3.05) is 13.2 Å². The lowest BCUT2D eigenvalue weighted by Gasteiger charge is -2.04. The molecular weight excluding hydrogens is 228 g/mol. The van der Waals surface area contributed by atoms with Gasteiger partial charge in [0.25, 0.3) is 0 Å². The van der Waals surface area contributed by atoms with Gasteiger partial charge in [-0.2, -0.15) is 0 Å². The van der Waals surface area contributed by atoms with Crippen molar-refractivity contribution in [3.05, 3.63) is 35.9 Å². The highest BCUT2D eigenvalue weighted by atomic mass is 16.5. The van der Waals surface area contributed by atoms with E-state index >= 15 is 0 Å². The van der Waals surface area contributed by atoms with Gasteiger partial charge in [-0.05, 0) is 36.6 Å². The first-order valence-corrected chi connectivity index (χ1v) is 6.34. The third kappa shape index (κ3) is 5.53. The first-order valence-electron chi connectivity index (χ1n) is 6.34. The molecule has 0 saturated heterocycles. The number of carbonyl (C=O) groups is 1. The SMILES string of the molecule is CCCOC(=O)/C=C/c1ccc(OCCC)cc1. The minimum atomic E-state index is -0.303. The number of benzene rings is 1. The maximum atomic E-state index is 11.2. The molecule has 0 fully saturated rings. The minimum absolute atomic E-state index is 0.303. The van der Waals surface area contributed by atoms with E-state index < -0.39 is 0 Å². The molecule has 0 spiro atoms. The number of rotatable bonds is 7. The molecule has 3 nitrogen and oxygen atoms in total. The van der Waals surface area contributed by atoms with Gasteiger partial charge in [-0.1, -0.05) is 26.0 Å². The zero-order valence-electron chi connectivity index (χ0n) is 11.0. The number of carbonyl (C=O) groups excluding carboxylic acids is 1. The Kier molecular flexibility index (Phi) is 6.62. The second kappa shape index (κ2) is 8.34. The molecule has 0 heterocycles. The topological polar surface area (TPSA) is 35.5 Å². The summed E-state index contributed by atoms with van der Waals surface area (Å²) in [5.41, 5.74) is 0.951. The molecule has 0 N–H and O–H groups in total. The summed E-state index contributed by atoms with van der Waals surface area (Å²) >= 11 is 0. The molecule has 0 aliphatic carbocycles. The van der Waals surface area contributed by atoms with Crippen LogP contribution in [0, 0.1) is 0 Å². The van der Waals surface area contributed by atoms with Gasteiger partial charge in [0.15, 0.2) is 0 Å². The van der Waals surface area contributed by atoms with Crippen molar-refractivity contribution in [3.63, 3.8) is 0 Å². The lowest BCUT2D eigenvalue weighted by molar-refractivity contribution is -0.137. The quantitative estimate of drug-likeness (QED) is 0.547. The van der Waals surface area contributed by atoms with E-state index in [0.29, 0.717) is 6.61 Å². The first-order chi connectivity index (χ1) is 8.76. The van der Waals surface area contributed by atoms with Gasteiger partial charge >= 0.3 is 5.97 Å². The Labute approximate surface area is 108 Å². The van der Waals surface area contributed by atoms with Gasteiger partial charge in [-0.15, -0.1) is 0 Å². The minimum Gasteiger partial charge on any atom is -0.494 e. The molecule has 3 heteroatoms. The highest BCUT2D eigenvalue weighted by Crippen LogP contribution is 2.13. The second-order valence-electron chi connectivity index (χ2n) is 3.92. The van der Waals surface area contributed by atoms with Crippen LogP contribution >= 0.6 is 0 Å². The van der Waals surface area contributed by atoms with Crippen LogP contribution in [0.25, 0.3) is 6.08 Å². The van der Waals surface area contributed by atoms with Crippen molar-refractivity contribution in [1.82, 2.24) is 0 Å². The Morgan fingerprint density at radius 1 is 1.11 bits per heavy atom. The summed E-state index contributed by atoms with van der Waals surface area (Å²) in [5.74, 6) is 0.547. The van der Waals surface area contributed by atoms with Crippen LogP contribution in [-0.2, 0) is 9.53 Å². The van der Waals surface area contributed by atoms with E-state index in [9.17, 15) is 4.79 Å². The van der Waals surface area contributed by atoms with Gasteiger partial charge in [-0.3, -0.25) is 0 Å². The summed E-state index contributed by atoms with van der Waals surface area (Å²) < 4.78 is 10.4. The molecule has 1 aromatic carbocycles. The van der Waals surface area contributed by atoms with Crippen molar-refractivity contribution in [3.8, 4) is 5.75 Å². The summed E-state index contributed by atoms with van der Waals surface area (Å²) in [5, 5.41) is 0. The maximum Gasteiger partial charge on any atom is 0.330 e. The highest BCUT2D eigenvalue weighted by molar-refractivity contribution is 5.87. The number of hydrogen-bond acceptors (Lipinski definition) is 3. The van der Waals surface area contributed by atoms with E-state index in [-0.39, 0.29) is 5.97 Å². The Bertz CT molecular complexity index is 379. The van der Waals surface area contributed by atoms with Crippen LogP contribution < -0.4 is 4.74 Å². The molecule has 1 aromatic rings. The lowest BCUT2D eigenvalue weighted by atomic mass is 10.2. The molecule has 0 saturated carbocycles. The standard InChI is InChI=1S/C15H20O3/c1-3-11-17-14-8-5-13(6-9-14)7-10-15(16)18-12-4-2/h5-10H,3-4,11-12H2,1-2H3/b10-7+. The Balaban J connectivity index is 2.47. The fraction of sp³-hybridized carbons (Fsp3) is 0.400. The molecular formula is C15H20O3. The van der Waals surface area contributed by atoms with Crippen molar-refractivity contribution in [2.24, 2.45) is 0 Å². The molecule has 0 aliphatic rings. The van der Waals surface area contributed by atoms with E-state index in [1.165, 1.54) is 6.08 Å². The fourth-order valence-corrected chi connectivity index (χ4v) is 1.31. The summed E-state index contributed by atoms with van der Waals surface area (Å²) in [6.45, 7) is 5.22. The van der Waals surface area contributed by atoms with E-state index in [0.717, 1.165) is 30.8 Å². The van der Waals surface area contributed by atoms with Gasteiger partial charge in [0.05, 0.1) is 13.2 Å². The van der Waals surface area contributed by atoms with Crippen molar-refractivity contribution < 1.29 is 14.3 Å². The third-order valence-electron chi connectivity index (χ3n) is 2.21. The molecule has 0 amide bonds. The van der Waals surface area contributed by atoms with Crippen LogP contribution in [0.3, 0.4) is 0 Å². The summed E-state index contributed by atoms with van der Waals surface area (Å²) in [4.78, 5) is 11.2. The van der Waals surface area contributed by atoms with Gasteiger partial charge in [0.2, 0.25) is 0 Å². The van der Waals surface area contributed by atoms with Gasteiger partial charge in [0.1, 0.15) is 5.75 Å². The highest BCUT2D eigenvalue weighted by Gasteiger charge is 1.96. The number of esters is 1. The molecule has 0 aliphatic heterocycles. The maximum absolute atomic E-state index is 11.2. The number of ether oxygens (including phenoxy) is 2. The predicted octanol–water partition coefficient (Wildman–Crippen LogP) is 3.44. The average Bonchev–Trinajstić information content (AvgIpc) is 2.41. The van der Waals surface area contributed by atoms with Crippen molar-refractivity contribution >= 4 is 12.0 Å². The van der Waals surface area contributed by atoms with Gasteiger partial charge in [0, 0.05) is 6.08 Å². The molecule has 0 aromatic heterocycles. The molecule has 0 unspecified atom stereocenters. The molecule has 1 rings (SSSR count). The van der Waals surface area contributed by atoms with E-state index in [1.54, 1.807) is 6.08 Å². The van der Waals surface area contributed by atoms with Gasteiger partial charge < -0.3 is 9.47 Å². The zero-order valence-corrected chi connectivity index (χ0v) is 11.0. The van der Waals surface area contributed by atoms with E-state index in [4.69, 9.17) is 9.47 Å². The molecule has 18 heavy (non-hydrogen) atoms. The van der Waals surface area contributed by atoms with E-state index in [1.807, 2.05) is 31.2 Å². The van der Waals surface area contributed by atoms with Crippen LogP contribution in [-0.4, -0.2) is 19.2 Å². The monoisotopic (exact) mass is 248 g/mol. The Hall–Kier alpha value is -1.77. The van der Waals surface area contributed by atoms with Crippen molar-refractivity contribution in [1.29, 1.82) is 0 Å². The largest absolute Gasteiger partial charge is 0.494 e. The molecule has 0 radical (unpaired) electrons. The van der Waals surface area contributed by atoms with Crippen molar-refractivity contribution in [2.45, 2.75) is 26.7 Å². The van der Waals surface area contributed by atoms with Crippen LogP contribution in [0.2, 0.25) is 0 Å². The van der Waals surface area contributed by atoms with Gasteiger partial charge in [-0.25, -0.2) is 4.79 Å². The van der Waals surface area contributed by atoms with E-state index in [2.05, 4.69) is 6.92 Å². The lowest BCUT2D eigenvalue weighted by Crippen LogP contribution is -2.00. The van der Waals surface area contributed by atoms with Crippen LogP contribution in [0.5, 0.6) is 5.75 Å². The Morgan fingerprint density at radius 3 is 2.39 bits per heavy atom. The average molecular weight is 248 g/mol. The normalized spacial score (nSPS) is 10.6. The summed E-state index contributed by atoms with van der Waals surface area (Å²) in [6.07, 6.45) is 5.01. The fourth-order valence-electron chi connectivity index (χ4n) is 1.31. The molecule has 98 valence electrons. The third-order valence-corrected chi connectivity index (χ3v) is 2.21. The summed E-state index contributed by atoms with van der Waals surface area (Å²) in [7, 11) is 0. The predicted molar refractivity (Wildman–Crippen MR) is 72.5 cm³/mol. The zero-order chi connectivity index (χ0) is 13.2. The Morgan fingerprint density at radius 2 is 1.78 bits per heavy atom. The van der Waals surface area contributed by atoms with Crippen LogP contribution in [0.1, 0.15) is 32.3 Å². The molecule has 0 bridgehead atoms. The molecule has 0 atom stereocenters. The second-order valence-corrected chi connectivity index (χ2v) is 3.92. The number of hydrogen-bond donors (Lipinski definition) is 0.